The highest BCUT2D eigenvalue weighted by molar-refractivity contribution is 9.10. The number of imide groups is 2. The summed E-state index contributed by atoms with van der Waals surface area (Å²) in [5.41, 5.74) is 1.24. The number of amides is 4. The molecule has 1 aliphatic rings. The van der Waals surface area contributed by atoms with Crippen molar-refractivity contribution >= 4 is 57.1 Å². The molecule has 2 aromatic carbocycles. The summed E-state index contributed by atoms with van der Waals surface area (Å²) in [5, 5.41) is 2.56. The second-order valence-electron chi connectivity index (χ2n) is 6.75. The van der Waals surface area contributed by atoms with E-state index >= 15 is 0 Å². The number of ether oxygens (including phenoxy) is 2. The number of barbiturate groups is 1. The van der Waals surface area contributed by atoms with Gasteiger partial charge in [-0.2, -0.15) is 0 Å². The highest BCUT2D eigenvalue weighted by Gasteiger charge is 2.37. The van der Waals surface area contributed by atoms with Gasteiger partial charge in [0, 0.05) is 5.02 Å². The summed E-state index contributed by atoms with van der Waals surface area (Å²) >= 11 is 9.49. The summed E-state index contributed by atoms with van der Waals surface area (Å²) in [5.74, 6) is -0.653. The van der Waals surface area contributed by atoms with Crippen molar-refractivity contribution in [1.82, 2.24) is 5.32 Å². The fourth-order valence-corrected chi connectivity index (χ4v) is 3.82. The summed E-state index contributed by atoms with van der Waals surface area (Å²) in [4.78, 5) is 39.0. The molecule has 0 bridgehead atoms. The van der Waals surface area contributed by atoms with Crippen molar-refractivity contribution in [3.8, 4) is 11.5 Å². The molecule has 4 amide bonds. The second kappa shape index (κ2) is 10.0. The van der Waals surface area contributed by atoms with Gasteiger partial charge < -0.3 is 9.47 Å². The maximum atomic E-state index is 13.2. The zero-order valence-corrected chi connectivity index (χ0v) is 19.7. The molecule has 0 unspecified atom stereocenters. The molecular weight excluding hydrogens is 500 g/mol. The number of hydrogen-bond donors (Lipinski definition) is 1. The molecule has 32 heavy (non-hydrogen) atoms. The van der Waals surface area contributed by atoms with Gasteiger partial charge in [0.15, 0.2) is 11.5 Å². The van der Waals surface area contributed by atoms with E-state index in [1.165, 1.54) is 12.1 Å². The predicted molar refractivity (Wildman–Crippen MR) is 126 cm³/mol. The Balaban J connectivity index is 2.05. The zero-order chi connectivity index (χ0) is 23.4. The van der Waals surface area contributed by atoms with E-state index in [2.05, 4.69) is 27.8 Å². The van der Waals surface area contributed by atoms with Crippen molar-refractivity contribution in [2.75, 3.05) is 18.1 Å². The number of hydrogen-bond acceptors (Lipinski definition) is 5. The minimum absolute atomic E-state index is 0.210. The quantitative estimate of drug-likeness (QED) is 0.315. The van der Waals surface area contributed by atoms with Gasteiger partial charge in [0.2, 0.25) is 0 Å². The number of carbonyl (C=O) groups is 3. The lowest BCUT2D eigenvalue weighted by atomic mass is 10.1. The van der Waals surface area contributed by atoms with E-state index < -0.39 is 17.8 Å². The third-order valence-corrected chi connectivity index (χ3v) is 5.33. The maximum absolute atomic E-state index is 13.2. The Morgan fingerprint density at radius 2 is 1.94 bits per heavy atom. The van der Waals surface area contributed by atoms with E-state index in [0.717, 1.165) is 4.90 Å². The normalized spacial score (nSPS) is 15.1. The zero-order valence-electron chi connectivity index (χ0n) is 17.4. The van der Waals surface area contributed by atoms with E-state index in [0.29, 0.717) is 44.4 Å². The Labute approximate surface area is 198 Å². The van der Waals surface area contributed by atoms with Gasteiger partial charge in [-0.15, -0.1) is 0 Å². The first-order valence-electron chi connectivity index (χ1n) is 9.64. The molecule has 1 N–H and O–H groups in total. The lowest BCUT2D eigenvalue weighted by Crippen LogP contribution is -2.54. The molecule has 0 aromatic heterocycles. The topological polar surface area (TPSA) is 84.9 Å². The monoisotopic (exact) mass is 518 g/mol. The minimum Gasteiger partial charge on any atom is -0.490 e. The summed E-state index contributed by atoms with van der Waals surface area (Å²) in [7, 11) is 0. The van der Waals surface area contributed by atoms with Crippen LogP contribution in [-0.4, -0.2) is 31.1 Å². The Morgan fingerprint density at radius 1 is 1.19 bits per heavy atom. The first kappa shape index (κ1) is 23.6. The number of nitrogens with zero attached hydrogens (tertiary/aromatic N) is 1. The Hall–Kier alpha value is -3.10. The first-order valence-corrected chi connectivity index (χ1v) is 10.8. The third-order valence-electron chi connectivity index (χ3n) is 4.50. The van der Waals surface area contributed by atoms with Crippen molar-refractivity contribution in [1.29, 1.82) is 0 Å². The van der Waals surface area contributed by atoms with Gasteiger partial charge in [-0.05, 0) is 71.2 Å². The van der Waals surface area contributed by atoms with Gasteiger partial charge in [0.05, 0.1) is 16.8 Å². The van der Waals surface area contributed by atoms with Crippen molar-refractivity contribution < 1.29 is 23.9 Å². The third kappa shape index (κ3) is 4.87. The number of carbonyl (C=O) groups excluding carboxylic acids is 3. The standard InChI is InChI=1S/C23H20BrClN2O5/c1-4-8-32-20-17(24)10-14(11-19(20)31-5-2)9-16-21(28)26-23(30)27(22(16)29)18-12-15(25)7-6-13(18)3/h4,6-7,9-12H,1,5,8H2,2-3H3,(H,26,28,30)/b16-9+. The summed E-state index contributed by atoms with van der Waals surface area (Å²) < 4.78 is 11.9. The average Bonchev–Trinajstić information content (AvgIpc) is 2.73. The van der Waals surface area contributed by atoms with Crippen LogP contribution >= 0.6 is 27.5 Å². The van der Waals surface area contributed by atoms with Gasteiger partial charge in [0.1, 0.15) is 12.2 Å². The molecule has 7 nitrogen and oxygen atoms in total. The largest absolute Gasteiger partial charge is 0.490 e. The molecular formula is C23H20BrClN2O5. The summed E-state index contributed by atoms with van der Waals surface area (Å²) in [6, 6.07) is 7.32. The number of rotatable bonds is 7. The van der Waals surface area contributed by atoms with Gasteiger partial charge >= 0.3 is 6.03 Å². The Morgan fingerprint density at radius 3 is 2.62 bits per heavy atom. The van der Waals surface area contributed by atoms with E-state index in [9.17, 15) is 14.4 Å². The Kier molecular flexibility index (Phi) is 7.37. The molecule has 0 aliphatic carbocycles. The molecule has 9 heteroatoms. The molecule has 2 aromatic rings. The molecule has 1 fully saturated rings. The average molecular weight is 520 g/mol. The van der Waals surface area contributed by atoms with Crippen LogP contribution in [0.2, 0.25) is 5.02 Å². The number of urea groups is 1. The van der Waals surface area contributed by atoms with Crippen LogP contribution in [0.4, 0.5) is 10.5 Å². The molecule has 1 heterocycles. The molecule has 0 radical (unpaired) electrons. The van der Waals surface area contributed by atoms with E-state index in [1.807, 2.05) is 6.92 Å². The molecule has 0 saturated carbocycles. The van der Waals surface area contributed by atoms with Crippen LogP contribution in [0.3, 0.4) is 0 Å². The molecule has 0 spiro atoms. The lowest BCUT2D eigenvalue weighted by Gasteiger charge is -2.27. The lowest BCUT2D eigenvalue weighted by molar-refractivity contribution is -0.122. The number of nitrogens with one attached hydrogen (secondary N) is 1. The van der Waals surface area contributed by atoms with Crippen molar-refractivity contribution in [2.45, 2.75) is 13.8 Å². The summed E-state index contributed by atoms with van der Waals surface area (Å²) in [6.07, 6.45) is 2.99. The summed E-state index contributed by atoms with van der Waals surface area (Å²) in [6.45, 7) is 7.85. The van der Waals surface area contributed by atoms with Crippen molar-refractivity contribution in [2.24, 2.45) is 0 Å². The highest BCUT2D eigenvalue weighted by Crippen LogP contribution is 2.38. The number of aryl methyl sites for hydroxylation is 1. The predicted octanol–water partition coefficient (Wildman–Crippen LogP) is 5.04. The van der Waals surface area contributed by atoms with Crippen LogP contribution in [0.5, 0.6) is 11.5 Å². The number of halogens is 2. The number of anilines is 1. The van der Waals surface area contributed by atoms with Crippen LogP contribution in [0.25, 0.3) is 6.08 Å². The van der Waals surface area contributed by atoms with Gasteiger partial charge in [-0.3, -0.25) is 14.9 Å². The smallest absolute Gasteiger partial charge is 0.335 e. The second-order valence-corrected chi connectivity index (χ2v) is 8.04. The SMILES string of the molecule is C=CCOc1c(Br)cc(/C=C2\C(=O)NC(=O)N(c3cc(Cl)ccc3C)C2=O)cc1OCC. The van der Waals surface area contributed by atoms with Gasteiger partial charge in [0.25, 0.3) is 11.8 Å². The van der Waals surface area contributed by atoms with Crippen LogP contribution in [0.1, 0.15) is 18.1 Å². The fraction of sp³-hybridized carbons (Fsp3) is 0.174. The molecule has 3 rings (SSSR count). The Bertz CT molecular complexity index is 1150. The molecule has 0 atom stereocenters. The highest BCUT2D eigenvalue weighted by atomic mass is 79.9. The van der Waals surface area contributed by atoms with Crippen LogP contribution in [0.15, 0.2) is 53.0 Å². The molecule has 1 saturated heterocycles. The van der Waals surface area contributed by atoms with Gasteiger partial charge in [-0.1, -0.05) is 30.3 Å². The van der Waals surface area contributed by atoms with Crippen molar-refractivity contribution in [3.05, 3.63) is 69.2 Å². The molecule has 1 aliphatic heterocycles. The van der Waals surface area contributed by atoms with Crippen LogP contribution in [-0.2, 0) is 9.59 Å². The van der Waals surface area contributed by atoms with E-state index in [-0.39, 0.29) is 12.2 Å². The molecule has 166 valence electrons. The first-order chi connectivity index (χ1) is 15.3. The van der Waals surface area contributed by atoms with Crippen LogP contribution in [0, 0.1) is 6.92 Å². The minimum atomic E-state index is -0.841. The fourth-order valence-electron chi connectivity index (χ4n) is 3.08. The number of benzene rings is 2. The maximum Gasteiger partial charge on any atom is 0.335 e. The van der Waals surface area contributed by atoms with E-state index in [4.69, 9.17) is 21.1 Å². The van der Waals surface area contributed by atoms with Crippen molar-refractivity contribution in [3.63, 3.8) is 0 Å². The van der Waals surface area contributed by atoms with Crippen LogP contribution < -0.4 is 19.7 Å². The van der Waals surface area contributed by atoms with E-state index in [1.54, 1.807) is 37.3 Å². The van der Waals surface area contributed by atoms with Gasteiger partial charge in [-0.25, -0.2) is 9.69 Å².